The summed E-state index contributed by atoms with van der Waals surface area (Å²) in [6.45, 7) is 1.73. The Morgan fingerprint density at radius 3 is 3.05 bits per heavy atom. The molecule has 2 N–H and O–H groups in total. The summed E-state index contributed by atoms with van der Waals surface area (Å²) in [6.07, 6.45) is 3.33. The molecule has 0 fully saturated rings. The number of thiophene rings is 1. The van der Waals surface area contributed by atoms with Crippen LogP contribution in [0, 0.1) is 18.8 Å². The lowest BCUT2D eigenvalue weighted by Gasteiger charge is -2.03. The van der Waals surface area contributed by atoms with Gasteiger partial charge in [0.05, 0.1) is 21.6 Å². The molecule has 2 aromatic rings. The molecule has 0 unspecified atom stereocenters. The molecule has 0 spiro atoms. The molecule has 2 aromatic heterocycles. The Balaban J connectivity index is 2.10. The Morgan fingerprint density at radius 1 is 1.47 bits per heavy atom. The fourth-order valence-electron chi connectivity index (χ4n) is 1.47. The molecule has 0 saturated carbocycles. The van der Waals surface area contributed by atoms with Crippen molar-refractivity contribution in [3.63, 3.8) is 0 Å². The van der Waals surface area contributed by atoms with E-state index in [1.165, 1.54) is 11.3 Å². The molecule has 0 bridgehead atoms. The van der Waals surface area contributed by atoms with E-state index in [2.05, 4.69) is 22.1 Å². The van der Waals surface area contributed by atoms with Crippen molar-refractivity contribution in [3.8, 4) is 11.8 Å². The van der Waals surface area contributed by atoms with Crippen LogP contribution in [0.1, 0.15) is 20.1 Å². The van der Waals surface area contributed by atoms with Gasteiger partial charge in [0.15, 0.2) is 0 Å². The van der Waals surface area contributed by atoms with Crippen molar-refractivity contribution in [2.45, 2.75) is 6.92 Å². The van der Waals surface area contributed by atoms with E-state index >= 15 is 0 Å². The molecule has 0 atom stereocenters. The van der Waals surface area contributed by atoms with Gasteiger partial charge in [-0.1, -0.05) is 11.8 Å². The van der Waals surface area contributed by atoms with Crippen LogP contribution < -0.4 is 5.32 Å². The average molecular weight is 272 g/mol. The van der Waals surface area contributed by atoms with Crippen LogP contribution >= 0.6 is 11.3 Å². The molecule has 0 aliphatic rings. The molecule has 5 heteroatoms. The lowest BCUT2D eigenvalue weighted by molar-refractivity contribution is 0.103. The third-order valence-electron chi connectivity index (χ3n) is 2.25. The van der Waals surface area contributed by atoms with Crippen LogP contribution in [-0.2, 0) is 0 Å². The van der Waals surface area contributed by atoms with Crippen LogP contribution in [0.4, 0.5) is 5.69 Å². The number of carbonyl (C=O) groups is 1. The third kappa shape index (κ3) is 3.65. The number of anilines is 1. The summed E-state index contributed by atoms with van der Waals surface area (Å²) in [4.78, 5) is 17.3. The van der Waals surface area contributed by atoms with Crippen LogP contribution in [-0.4, -0.2) is 22.6 Å². The summed E-state index contributed by atoms with van der Waals surface area (Å²) < 4.78 is 0. The first-order valence-corrected chi connectivity index (χ1v) is 6.43. The highest BCUT2D eigenvalue weighted by Crippen LogP contribution is 2.17. The maximum absolute atomic E-state index is 12.0. The van der Waals surface area contributed by atoms with Crippen molar-refractivity contribution in [2.75, 3.05) is 11.9 Å². The number of aryl methyl sites for hydroxylation is 1. The van der Waals surface area contributed by atoms with Gasteiger partial charge >= 0.3 is 0 Å². The summed E-state index contributed by atoms with van der Waals surface area (Å²) in [5, 5.41) is 11.4. The number of aliphatic hydroxyl groups is 1. The number of aromatic nitrogens is 1. The van der Waals surface area contributed by atoms with Crippen LogP contribution in [0.3, 0.4) is 0 Å². The molecule has 2 heterocycles. The topological polar surface area (TPSA) is 62.2 Å². The molecule has 0 radical (unpaired) electrons. The van der Waals surface area contributed by atoms with Crippen LogP contribution in [0.5, 0.6) is 0 Å². The monoisotopic (exact) mass is 272 g/mol. The predicted octanol–water partition coefficient (Wildman–Crippen LogP) is 2.05. The van der Waals surface area contributed by atoms with Gasteiger partial charge in [-0.15, -0.1) is 11.3 Å². The zero-order chi connectivity index (χ0) is 13.7. The minimum atomic E-state index is -0.186. The lowest BCUT2D eigenvalue weighted by Crippen LogP contribution is -2.10. The fraction of sp³-hybridized carbons (Fsp3) is 0.143. The van der Waals surface area contributed by atoms with Crippen molar-refractivity contribution in [3.05, 3.63) is 45.9 Å². The Morgan fingerprint density at radius 2 is 2.32 bits per heavy atom. The second-order valence-electron chi connectivity index (χ2n) is 3.83. The van der Waals surface area contributed by atoms with Crippen molar-refractivity contribution >= 4 is 22.9 Å². The van der Waals surface area contributed by atoms with Gasteiger partial charge in [-0.05, 0) is 30.7 Å². The van der Waals surface area contributed by atoms with Crippen LogP contribution in [0.25, 0.3) is 0 Å². The zero-order valence-electron chi connectivity index (χ0n) is 10.3. The number of hydrogen-bond acceptors (Lipinski definition) is 4. The summed E-state index contributed by atoms with van der Waals surface area (Å²) in [5.41, 5.74) is 1.65. The number of rotatable bonds is 2. The number of nitrogens with zero attached hydrogens (tertiary/aromatic N) is 1. The average Bonchev–Trinajstić information content (AvgIpc) is 2.85. The summed E-state index contributed by atoms with van der Waals surface area (Å²) in [7, 11) is 0. The van der Waals surface area contributed by atoms with Gasteiger partial charge < -0.3 is 10.4 Å². The van der Waals surface area contributed by atoms with Gasteiger partial charge in [-0.2, -0.15) is 0 Å². The summed E-state index contributed by atoms with van der Waals surface area (Å²) in [6, 6.07) is 5.33. The van der Waals surface area contributed by atoms with Gasteiger partial charge in [0.2, 0.25) is 0 Å². The Hall–Kier alpha value is -2.16. The van der Waals surface area contributed by atoms with Gasteiger partial charge in [-0.3, -0.25) is 9.78 Å². The van der Waals surface area contributed by atoms with E-state index in [0.29, 0.717) is 10.6 Å². The predicted molar refractivity (Wildman–Crippen MR) is 75.2 cm³/mol. The van der Waals surface area contributed by atoms with Crippen molar-refractivity contribution in [1.82, 2.24) is 4.98 Å². The van der Waals surface area contributed by atoms with Gasteiger partial charge in [0, 0.05) is 6.20 Å². The number of pyridine rings is 1. The molecular formula is C14H12N2O2S. The van der Waals surface area contributed by atoms with Crippen molar-refractivity contribution in [1.29, 1.82) is 0 Å². The van der Waals surface area contributed by atoms with Gasteiger partial charge in [-0.25, -0.2) is 0 Å². The highest BCUT2D eigenvalue weighted by atomic mass is 32.1. The first-order valence-electron chi connectivity index (χ1n) is 5.61. The van der Waals surface area contributed by atoms with E-state index in [0.717, 1.165) is 10.4 Å². The number of carbonyl (C=O) groups excluding carboxylic acids is 1. The van der Waals surface area contributed by atoms with Gasteiger partial charge in [0.25, 0.3) is 5.91 Å². The van der Waals surface area contributed by atoms with Crippen molar-refractivity contribution < 1.29 is 9.90 Å². The summed E-state index contributed by atoms with van der Waals surface area (Å²) >= 11 is 1.29. The Kier molecular flexibility index (Phi) is 4.29. The second kappa shape index (κ2) is 6.14. The number of amides is 1. The first-order chi connectivity index (χ1) is 9.19. The standard InChI is InChI=1S/C14H12N2O2S/c1-10-7-11(9-15-8-10)16-14(18)13-5-4-12(19-13)3-2-6-17/h4-5,7-9,17H,6H2,1H3,(H,16,18). The fourth-order valence-corrected chi connectivity index (χ4v) is 2.25. The van der Waals surface area contributed by atoms with E-state index in [4.69, 9.17) is 5.11 Å². The van der Waals surface area contributed by atoms with Crippen LogP contribution in [0.2, 0.25) is 0 Å². The van der Waals surface area contributed by atoms with E-state index in [-0.39, 0.29) is 12.5 Å². The largest absolute Gasteiger partial charge is 0.384 e. The molecule has 19 heavy (non-hydrogen) atoms. The lowest BCUT2D eigenvalue weighted by atomic mass is 10.3. The number of aliphatic hydroxyl groups excluding tert-OH is 1. The molecular weight excluding hydrogens is 260 g/mol. The van der Waals surface area contributed by atoms with Crippen LogP contribution in [0.15, 0.2) is 30.6 Å². The molecule has 0 aromatic carbocycles. The van der Waals surface area contributed by atoms with E-state index in [1.807, 2.05) is 13.0 Å². The second-order valence-corrected chi connectivity index (χ2v) is 4.91. The Labute approximate surface area is 115 Å². The van der Waals surface area contributed by atoms with Crippen molar-refractivity contribution in [2.24, 2.45) is 0 Å². The molecule has 4 nitrogen and oxygen atoms in total. The molecule has 0 aliphatic heterocycles. The maximum atomic E-state index is 12.0. The van der Waals surface area contributed by atoms with E-state index in [1.54, 1.807) is 24.5 Å². The quantitative estimate of drug-likeness (QED) is 0.822. The smallest absolute Gasteiger partial charge is 0.265 e. The molecule has 0 saturated heterocycles. The minimum Gasteiger partial charge on any atom is -0.384 e. The number of hydrogen-bond donors (Lipinski definition) is 2. The SMILES string of the molecule is Cc1cncc(NC(=O)c2ccc(C#CCO)s2)c1. The molecule has 2 rings (SSSR count). The molecule has 1 amide bonds. The molecule has 0 aliphatic carbocycles. The van der Waals surface area contributed by atoms with E-state index in [9.17, 15) is 4.79 Å². The molecule has 96 valence electrons. The normalized spacial score (nSPS) is 9.58. The van der Waals surface area contributed by atoms with Gasteiger partial charge in [0.1, 0.15) is 6.61 Å². The maximum Gasteiger partial charge on any atom is 0.265 e. The highest BCUT2D eigenvalue weighted by molar-refractivity contribution is 7.14. The number of nitrogens with one attached hydrogen (secondary N) is 1. The highest BCUT2D eigenvalue weighted by Gasteiger charge is 2.09. The first kappa shape index (κ1) is 13.3. The minimum absolute atomic E-state index is 0.186. The summed E-state index contributed by atoms with van der Waals surface area (Å²) in [5.74, 6) is 5.13. The third-order valence-corrected chi connectivity index (χ3v) is 3.25. The van der Waals surface area contributed by atoms with E-state index < -0.39 is 0 Å². The Bertz CT molecular complexity index is 653. The zero-order valence-corrected chi connectivity index (χ0v) is 11.1.